The highest BCUT2D eigenvalue weighted by atomic mass is 16.5. The van der Waals surface area contributed by atoms with Gasteiger partial charge in [-0.1, -0.05) is 0 Å². The maximum absolute atomic E-state index is 5.33. The van der Waals surface area contributed by atoms with Crippen molar-refractivity contribution >= 4 is 0 Å². The van der Waals surface area contributed by atoms with Gasteiger partial charge in [0.1, 0.15) is 0 Å². The van der Waals surface area contributed by atoms with E-state index in [0.29, 0.717) is 19.8 Å². The molecule has 1 aromatic heterocycles. The molecule has 0 unspecified atom stereocenters. The van der Waals surface area contributed by atoms with E-state index in [4.69, 9.17) is 9.47 Å². The predicted molar refractivity (Wildman–Crippen MR) is 49.3 cm³/mol. The second kappa shape index (κ2) is 5.72. The summed E-state index contributed by atoms with van der Waals surface area (Å²) in [6.45, 7) is 5.86. The van der Waals surface area contributed by atoms with Gasteiger partial charge in [0.15, 0.2) is 0 Å². The second-order valence-corrected chi connectivity index (χ2v) is 3.05. The first-order valence-corrected chi connectivity index (χ1v) is 4.46. The number of rotatable bonds is 6. The van der Waals surface area contributed by atoms with Crippen LogP contribution in [-0.2, 0) is 16.1 Å². The monoisotopic (exact) mass is 184 g/mol. The molecule has 0 aliphatic heterocycles. The molecule has 0 aliphatic rings. The third kappa shape index (κ3) is 4.65. The second-order valence-electron chi connectivity index (χ2n) is 3.05. The molecule has 0 saturated carbocycles. The topological polar surface area (TPSA) is 47.1 Å². The molecule has 0 amide bonds. The van der Waals surface area contributed by atoms with Crippen LogP contribution < -0.4 is 0 Å². The Hall–Kier alpha value is -0.870. The van der Waals surface area contributed by atoms with Gasteiger partial charge in [-0.05, 0) is 19.9 Å². The van der Waals surface area contributed by atoms with Crippen molar-refractivity contribution < 1.29 is 9.47 Å². The van der Waals surface area contributed by atoms with E-state index in [1.807, 2.05) is 19.9 Å². The van der Waals surface area contributed by atoms with Crippen LogP contribution in [0, 0.1) is 0 Å². The maximum atomic E-state index is 5.33. The third-order valence-corrected chi connectivity index (χ3v) is 1.49. The molecule has 1 N–H and O–H groups in total. The largest absolute Gasteiger partial charge is 0.376 e. The highest BCUT2D eigenvalue weighted by molar-refractivity contribution is 4.94. The van der Waals surface area contributed by atoms with Gasteiger partial charge >= 0.3 is 0 Å². The molecule has 0 fully saturated rings. The number of aromatic nitrogens is 2. The minimum absolute atomic E-state index is 0.274. The number of aromatic amines is 1. The molecule has 1 aromatic rings. The summed E-state index contributed by atoms with van der Waals surface area (Å²) < 4.78 is 10.6. The van der Waals surface area contributed by atoms with Crippen molar-refractivity contribution in [2.24, 2.45) is 0 Å². The molecular weight excluding hydrogens is 168 g/mol. The fourth-order valence-electron chi connectivity index (χ4n) is 0.890. The Morgan fingerprint density at radius 1 is 1.46 bits per heavy atom. The molecule has 0 aromatic carbocycles. The normalized spacial score (nSPS) is 11.0. The first-order chi connectivity index (χ1) is 6.29. The molecule has 4 heteroatoms. The molecule has 0 bridgehead atoms. The van der Waals surface area contributed by atoms with E-state index in [1.54, 1.807) is 6.20 Å². The standard InChI is InChI=1S/C9H16N2O2/c1-8(2)13-6-5-12-7-9-3-4-10-11-9/h3-4,8H,5-7H2,1-2H3,(H,10,11). The molecule has 0 radical (unpaired) electrons. The predicted octanol–water partition coefficient (Wildman–Crippen LogP) is 1.35. The van der Waals surface area contributed by atoms with Crippen molar-refractivity contribution in [2.45, 2.75) is 26.6 Å². The summed E-state index contributed by atoms with van der Waals surface area (Å²) in [6.07, 6.45) is 1.99. The van der Waals surface area contributed by atoms with Gasteiger partial charge in [0, 0.05) is 6.20 Å². The zero-order chi connectivity index (χ0) is 9.52. The Morgan fingerprint density at radius 3 is 2.92 bits per heavy atom. The summed E-state index contributed by atoms with van der Waals surface area (Å²) in [5.41, 5.74) is 0.990. The van der Waals surface area contributed by atoms with Gasteiger partial charge in [-0.2, -0.15) is 5.10 Å². The van der Waals surface area contributed by atoms with Gasteiger partial charge in [-0.25, -0.2) is 0 Å². The number of hydrogen-bond donors (Lipinski definition) is 1. The number of nitrogens with zero attached hydrogens (tertiary/aromatic N) is 1. The van der Waals surface area contributed by atoms with Crippen molar-refractivity contribution in [3.8, 4) is 0 Å². The lowest BCUT2D eigenvalue weighted by atomic mass is 10.5. The average Bonchev–Trinajstić information content (AvgIpc) is 2.55. The van der Waals surface area contributed by atoms with E-state index >= 15 is 0 Å². The van der Waals surface area contributed by atoms with Crippen LogP contribution >= 0.6 is 0 Å². The van der Waals surface area contributed by atoms with Crippen molar-refractivity contribution in [3.63, 3.8) is 0 Å². The number of ether oxygens (including phenoxy) is 2. The van der Waals surface area contributed by atoms with E-state index in [1.165, 1.54) is 0 Å². The molecule has 0 atom stereocenters. The fraction of sp³-hybridized carbons (Fsp3) is 0.667. The van der Waals surface area contributed by atoms with Crippen molar-refractivity contribution in [1.29, 1.82) is 0 Å². The lowest BCUT2D eigenvalue weighted by Crippen LogP contribution is -2.09. The van der Waals surface area contributed by atoms with E-state index in [9.17, 15) is 0 Å². The summed E-state index contributed by atoms with van der Waals surface area (Å²) in [5, 5.41) is 6.63. The van der Waals surface area contributed by atoms with Crippen molar-refractivity contribution in [3.05, 3.63) is 18.0 Å². The minimum atomic E-state index is 0.274. The van der Waals surface area contributed by atoms with Gasteiger partial charge in [0.25, 0.3) is 0 Å². The Bertz CT molecular complexity index is 209. The molecule has 13 heavy (non-hydrogen) atoms. The zero-order valence-electron chi connectivity index (χ0n) is 8.12. The SMILES string of the molecule is CC(C)OCCOCc1ccn[nH]1. The number of H-pyrrole nitrogens is 1. The first-order valence-electron chi connectivity index (χ1n) is 4.46. The Kier molecular flexibility index (Phi) is 4.49. The van der Waals surface area contributed by atoms with Crippen LogP contribution in [0.15, 0.2) is 12.3 Å². The minimum Gasteiger partial charge on any atom is -0.376 e. The lowest BCUT2D eigenvalue weighted by molar-refractivity contribution is 0.0135. The molecule has 74 valence electrons. The van der Waals surface area contributed by atoms with Gasteiger partial charge in [-0.3, -0.25) is 5.10 Å². The smallest absolute Gasteiger partial charge is 0.0883 e. The summed E-state index contributed by atoms with van der Waals surface area (Å²) >= 11 is 0. The van der Waals surface area contributed by atoms with Crippen LogP contribution in [0.4, 0.5) is 0 Å². The number of hydrogen-bond acceptors (Lipinski definition) is 3. The first kappa shape index (κ1) is 10.2. The quantitative estimate of drug-likeness (QED) is 0.679. The van der Waals surface area contributed by atoms with Crippen LogP contribution in [0.3, 0.4) is 0 Å². The summed E-state index contributed by atoms with van der Waals surface area (Å²) in [6, 6.07) is 1.89. The van der Waals surface area contributed by atoms with Crippen LogP contribution in [0.25, 0.3) is 0 Å². The Balaban J connectivity index is 1.96. The van der Waals surface area contributed by atoms with Crippen LogP contribution in [0.5, 0.6) is 0 Å². The lowest BCUT2D eigenvalue weighted by Gasteiger charge is -2.07. The Labute approximate surface area is 78.2 Å². The van der Waals surface area contributed by atoms with Crippen LogP contribution in [0.2, 0.25) is 0 Å². The molecule has 4 nitrogen and oxygen atoms in total. The van der Waals surface area contributed by atoms with Gasteiger partial charge in [0.05, 0.1) is 31.6 Å². The summed E-state index contributed by atoms with van der Waals surface area (Å²) in [5.74, 6) is 0. The maximum Gasteiger partial charge on any atom is 0.0883 e. The summed E-state index contributed by atoms with van der Waals surface area (Å²) in [4.78, 5) is 0. The van der Waals surface area contributed by atoms with Gasteiger partial charge < -0.3 is 9.47 Å². The molecule has 0 spiro atoms. The van der Waals surface area contributed by atoms with E-state index in [0.717, 1.165) is 5.69 Å². The van der Waals surface area contributed by atoms with E-state index in [2.05, 4.69) is 10.2 Å². The molecule has 1 heterocycles. The van der Waals surface area contributed by atoms with Crippen molar-refractivity contribution in [1.82, 2.24) is 10.2 Å². The molecule has 0 aliphatic carbocycles. The zero-order valence-corrected chi connectivity index (χ0v) is 8.12. The van der Waals surface area contributed by atoms with Gasteiger partial charge in [0.2, 0.25) is 0 Å². The molecule has 0 saturated heterocycles. The Morgan fingerprint density at radius 2 is 2.31 bits per heavy atom. The third-order valence-electron chi connectivity index (χ3n) is 1.49. The molecule has 1 rings (SSSR count). The molecular formula is C9H16N2O2. The van der Waals surface area contributed by atoms with E-state index < -0.39 is 0 Å². The van der Waals surface area contributed by atoms with Crippen LogP contribution in [0.1, 0.15) is 19.5 Å². The highest BCUT2D eigenvalue weighted by Gasteiger charge is 1.95. The van der Waals surface area contributed by atoms with Crippen LogP contribution in [-0.4, -0.2) is 29.5 Å². The van der Waals surface area contributed by atoms with Gasteiger partial charge in [-0.15, -0.1) is 0 Å². The average molecular weight is 184 g/mol. The van der Waals surface area contributed by atoms with E-state index in [-0.39, 0.29) is 6.10 Å². The van der Waals surface area contributed by atoms with Crippen molar-refractivity contribution in [2.75, 3.05) is 13.2 Å². The highest BCUT2D eigenvalue weighted by Crippen LogP contribution is 1.94. The summed E-state index contributed by atoms with van der Waals surface area (Å²) in [7, 11) is 0. The number of nitrogens with one attached hydrogen (secondary N) is 1. The fourth-order valence-corrected chi connectivity index (χ4v) is 0.890.